The summed E-state index contributed by atoms with van der Waals surface area (Å²) in [6, 6.07) is 8.23. The summed E-state index contributed by atoms with van der Waals surface area (Å²) < 4.78 is 14.3. The molecule has 0 aliphatic rings. The first-order valence-corrected chi connectivity index (χ1v) is 10.5. The van der Waals surface area contributed by atoms with Crippen LogP contribution >= 0.6 is 34.4 Å². The molecule has 8 heteroatoms. The van der Waals surface area contributed by atoms with Crippen LogP contribution < -0.4 is 5.32 Å². The molecule has 1 N–H and O–H groups in total. The van der Waals surface area contributed by atoms with Gasteiger partial charge in [-0.3, -0.25) is 9.59 Å². The maximum Gasteiger partial charge on any atom is 0.230 e. The molecule has 0 bridgehead atoms. The Morgan fingerprint density at radius 1 is 1.27 bits per heavy atom. The quantitative estimate of drug-likeness (QED) is 0.452. The van der Waals surface area contributed by atoms with Gasteiger partial charge < -0.3 is 5.32 Å². The molecule has 0 unspecified atom stereocenters. The molecule has 1 aromatic carbocycles. The topological polar surface area (TPSA) is 59.1 Å². The van der Waals surface area contributed by atoms with E-state index in [1.54, 1.807) is 30.5 Å². The van der Waals surface area contributed by atoms with E-state index in [9.17, 15) is 14.0 Å². The Bertz CT molecular complexity index is 922. The number of benzene rings is 1. The van der Waals surface area contributed by atoms with E-state index in [0.717, 1.165) is 9.22 Å². The highest BCUT2D eigenvalue weighted by molar-refractivity contribution is 8.01. The van der Waals surface area contributed by atoms with Gasteiger partial charge in [0, 0.05) is 11.1 Å². The summed E-state index contributed by atoms with van der Waals surface area (Å²) in [7, 11) is 0. The van der Waals surface area contributed by atoms with E-state index in [4.69, 9.17) is 0 Å². The zero-order valence-electron chi connectivity index (χ0n) is 13.8. The minimum Gasteiger partial charge on any atom is -0.326 e. The number of carbonyl (C=O) groups excluding carboxylic acids is 2. The van der Waals surface area contributed by atoms with Crippen molar-refractivity contribution in [1.82, 2.24) is 4.98 Å². The SMILES string of the molecule is Cc1ccc(NC(=O)Cc2csc(SCC(=O)c3cccs3)n2)cc1F. The van der Waals surface area contributed by atoms with Crippen LogP contribution in [0.4, 0.5) is 10.1 Å². The van der Waals surface area contributed by atoms with Crippen molar-refractivity contribution < 1.29 is 14.0 Å². The van der Waals surface area contributed by atoms with Gasteiger partial charge in [0.1, 0.15) is 5.82 Å². The van der Waals surface area contributed by atoms with E-state index in [2.05, 4.69) is 10.3 Å². The number of rotatable bonds is 7. The highest BCUT2D eigenvalue weighted by Gasteiger charge is 2.12. The summed E-state index contributed by atoms with van der Waals surface area (Å²) in [4.78, 5) is 29.2. The number of carbonyl (C=O) groups is 2. The number of thiazole rings is 1. The molecule has 4 nitrogen and oxygen atoms in total. The van der Waals surface area contributed by atoms with Crippen molar-refractivity contribution in [1.29, 1.82) is 0 Å². The molecule has 134 valence electrons. The van der Waals surface area contributed by atoms with Gasteiger partial charge in [0.15, 0.2) is 10.1 Å². The maximum absolute atomic E-state index is 13.5. The number of hydrogen-bond acceptors (Lipinski definition) is 6. The Labute approximate surface area is 162 Å². The molecule has 0 fully saturated rings. The molecule has 26 heavy (non-hydrogen) atoms. The van der Waals surface area contributed by atoms with Crippen LogP contribution in [0.15, 0.2) is 45.4 Å². The van der Waals surface area contributed by atoms with Crippen LogP contribution in [-0.2, 0) is 11.2 Å². The first-order chi connectivity index (χ1) is 12.5. The molecule has 0 saturated heterocycles. The van der Waals surface area contributed by atoms with Gasteiger partial charge in [0.2, 0.25) is 5.91 Å². The number of thiophene rings is 1. The van der Waals surface area contributed by atoms with Crippen LogP contribution in [0.3, 0.4) is 0 Å². The molecule has 2 aromatic heterocycles. The van der Waals surface area contributed by atoms with Gasteiger partial charge in [-0.05, 0) is 36.1 Å². The van der Waals surface area contributed by atoms with Gasteiger partial charge in [0.25, 0.3) is 0 Å². The van der Waals surface area contributed by atoms with E-state index < -0.39 is 0 Å². The number of amides is 1. The fourth-order valence-corrected chi connectivity index (χ4v) is 4.60. The smallest absolute Gasteiger partial charge is 0.230 e. The predicted molar refractivity (Wildman–Crippen MR) is 105 cm³/mol. The Balaban J connectivity index is 1.52. The van der Waals surface area contributed by atoms with Crippen molar-refractivity contribution in [2.75, 3.05) is 11.1 Å². The van der Waals surface area contributed by atoms with Crippen molar-refractivity contribution in [3.8, 4) is 0 Å². The van der Waals surface area contributed by atoms with Crippen LogP contribution in [0, 0.1) is 12.7 Å². The number of hydrogen-bond donors (Lipinski definition) is 1. The van der Waals surface area contributed by atoms with Gasteiger partial charge in [-0.15, -0.1) is 22.7 Å². The van der Waals surface area contributed by atoms with Crippen molar-refractivity contribution in [2.45, 2.75) is 17.7 Å². The lowest BCUT2D eigenvalue weighted by atomic mass is 10.2. The molecule has 0 spiro atoms. The largest absolute Gasteiger partial charge is 0.326 e. The second-order valence-electron chi connectivity index (χ2n) is 5.48. The number of aromatic nitrogens is 1. The van der Waals surface area contributed by atoms with E-state index in [1.807, 2.05) is 11.4 Å². The molecule has 0 radical (unpaired) electrons. The number of halogens is 1. The molecule has 0 aliphatic carbocycles. The van der Waals surface area contributed by atoms with Crippen molar-refractivity contribution >= 4 is 51.8 Å². The standard InChI is InChI=1S/C18H15FN2O2S3/c1-11-4-5-12(7-14(11)19)20-17(23)8-13-9-25-18(21-13)26-10-15(22)16-3-2-6-24-16/h2-7,9H,8,10H2,1H3,(H,20,23). The summed E-state index contributed by atoms with van der Waals surface area (Å²) >= 11 is 4.19. The van der Waals surface area contributed by atoms with Gasteiger partial charge >= 0.3 is 0 Å². The summed E-state index contributed by atoms with van der Waals surface area (Å²) in [5.74, 6) is -0.223. The van der Waals surface area contributed by atoms with Crippen LogP contribution in [0.1, 0.15) is 20.9 Å². The third-order valence-electron chi connectivity index (χ3n) is 3.45. The van der Waals surface area contributed by atoms with Gasteiger partial charge in [-0.2, -0.15) is 0 Å². The molecular weight excluding hydrogens is 391 g/mol. The average Bonchev–Trinajstić information content (AvgIpc) is 3.28. The molecule has 3 rings (SSSR count). The zero-order chi connectivity index (χ0) is 18.5. The third kappa shape index (κ3) is 5.00. The van der Waals surface area contributed by atoms with Gasteiger partial charge in [0.05, 0.1) is 22.7 Å². The second kappa shape index (κ2) is 8.57. The van der Waals surface area contributed by atoms with Crippen LogP contribution in [0.2, 0.25) is 0 Å². The minimum atomic E-state index is -0.356. The molecular formula is C18H15FN2O2S3. The predicted octanol–water partition coefficient (Wildman–Crippen LogP) is 4.81. The highest BCUT2D eigenvalue weighted by atomic mass is 32.2. The average molecular weight is 407 g/mol. The fraction of sp³-hybridized carbons (Fsp3) is 0.167. The summed E-state index contributed by atoms with van der Waals surface area (Å²) in [5, 5.41) is 6.33. The minimum absolute atomic E-state index is 0.0703. The first kappa shape index (κ1) is 18.8. The first-order valence-electron chi connectivity index (χ1n) is 7.71. The number of ketones is 1. The zero-order valence-corrected chi connectivity index (χ0v) is 16.3. The lowest BCUT2D eigenvalue weighted by Crippen LogP contribution is -2.14. The van der Waals surface area contributed by atoms with E-state index >= 15 is 0 Å². The van der Waals surface area contributed by atoms with Gasteiger partial charge in [-0.25, -0.2) is 9.37 Å². The van der Waals surface area contributed by atoms with Crippen molar-refractivity contribution in [3.63, 3.8) is 0 Å². The summed E-state index contributed by atoms with van der Waals surface area (Å²) in [6.45, 7) is 1.67. The van der Waals surface area contributed by atoms with E-state index in [0.29, 0.717) is 22.7 Å². The molecule has 2 heterocycles. The van der Waals surface area contributed by atoms with Crippen LogP contribution in [0.5, 0.6) is 0 Å². The second-order valence-corrected chi connectivity index (χ2v) is 8.51. The Kier molecular flexibility index (Phi) is 6.18. The van der Waals surface area contributed by atoms with Crippen molar-refractivity contribution in [3.05, 3.63) is 63.0 Å². The fourth-order valence-electron chi connectivity index (χ4n) is 2.11. The molecule has 3 aromatic rings. The third-order valence-corrected chi connectivity index (χ3v) is 6.43. The Morgan fingerprint density at radius 2 is 2.12 bits per heavy atom. The van der Waals surface area contributed by atoms with Crippen molar-refractivity contribution in [2.24, 2.45) is 0 Å². The van der Waals surface area contributed by atoms with Crippen LogP contribution in [-0.4, -0.2) is 22.4 Å². The number of thioether (sulfide) groups is 1. The Hall–Kier alpha value is -2.03. The normalized spacial score (nSPS) is 10.7. The maximum atomic E-state index is 13.5. The van der Waals surface area contributed by atoms with Crippen LogP contribution in [0.25, 0.3) is 0 Å². The summed E-state index contributed by atoms with van der Waals surface area (Å²) in [6.07, 6.45) is 0.103. The number of Topliss-reactive ketones (excluding diaryl/α,β-unsaturated/α-hetero) is 1. The monoisotopic (exact) mass is 406 g/mol. The van der Waals surface area contributed by atoms with Gasteiger partial charge in [-0.1, -0.05) is 23.9 Å². The van der Waals surface area contributed by atoms with E-state index in [1.165, 1.54) is 40.5 Å². The summed E-state index contributed by atoms with van der Waals surface area (Å²) in [5.41, 5.74) is 1.58. The molecule has 0 aliphatic heterocycles. The number of anilines is 1. The lowest BCUT2D eigenvalue weighted by Gasteiger charge is -2.05. The molecule has 0 atom stereocenters. The molecule has 1 amide bonds. The van der Waals surface area contributed by atoms with E-state index in [-0.39, 0.29) is 23.9 Å². The molecule has 0 saturated carbocycles. The number of aryl methyl sites for hydroxylation is 1. The Morgan fingerprint density at radius 3 is 2.85 bits per heavy atom. The number of nitrogens with zero attached hydrogens (tertiary/aromatic N) is 1. The highest BCUT2D eigenvalue weighted by Crippen LogP contribution is 2.25. The lowest BCUT2D eigenvalue weighted by molar-refractivity contribution is -0.115. The number of nitrogens with one attached hydrogen (secondary N) is 1.